The predicted octanol–water partition coefficient (Wildman–Crippen LogP) is 4.55. The fourth-order valence-electron chi connectivity index (χ4n) is 3.95. The lowest BCUT2D eigenvalue weighted by molar-refractivity contribution is 0.262. The summed E-state index contributed by atoms with van der Waals surface area (Å²) in [4.78, 5) is 23.8. The topological polar surface area (TPSA) is 118 Å². The van der Waals surface area contributed by atoms with Crippen LogP contribution in [0.2, 0.25) is 0 Å². The van der Waals surface area contributed by atoms with Gasteiger partial charge in [-0.3, -0.25) is 5.32 Å². The minimum absolute atomic E-state index is 0.0801. The molecule has 1 aliphatic heterocycles. The summed E-state index contributed by atoms with van der Waals surface area (Å²) < 4.78 is 10.9. The van der Waals surface area contributed by atoms with Crippen molar-refractivity contribution in [1.29, 1.82) is 0 Å². The zero-order chi connectivity index (χ0) is 26.2. The van der Waals surface area contributed by atoms with Crippen LogP contribution in [0.25, 0.3) is 5.82 Å². The Morgan fingerprint density at radius 1 is 1.08 bits per heavy atom. The third-order valence-electron chi connectivity index (χ3n) is 5.97. The summed E-state index contributed by atoms with van der Waals surface area (Å²) in [6.07, 6.45) is 1.14. The van der Waals surface area contributed by atoms with Gasteiger partial charge in [-0.1, -0.05) is 32.9 Å². The van der Waals surface area contributed by atoms with Gasteiger partial charge in [0.25, 0.3) is 0 Å². The molecule has 0 spiro atoms. The Hall–Kier alpha value is -4.31. The summed E-state index contributed by atoms with van der Waals surface area (Å²) in [7, 11) is 1.63. The molecule has 0 radical (unpaired) electrons. The molecule has 0 saturated heterocycles. The smallest absolute Gasteiger partial charge is 0.325 e. The van der Waals surface area contributed by atoms with Crippen LogP contribution in [0.4, 0.5) is 21.3 Å². The van der Waals surface area contributed by atoms with Crippen molar-refractivity contribution in [3.8, 4) is 5.75 Å². The van der Waals surface area contributed by atoms with Gasteiger partial charge < -0.3 is 25.1 Å². The average Bonchev–Trinajstić information content (AvgIpc) is 3.55. The number of furan rings is 1. The van der Waals surface area contributed by atoms with Crippen molar-refractivity contribution in [2.45, 2.75) is 32.4 Å². The number of amides is 2. The van der Waals surface area contributed by atoms with Crippen LogP contribution in [0.1, 0.15) is 38.2 Å². The summed E-state index contributed by atoms with van der Waals surface area (Å²) in [5.74, 6) is 1.28. The molecule has 4 aromatic rings. The van der Waals surface area contributed by atoms with E-state index in [1.54, 1.807) is 19.4 Å². The highest BCUT2D eigenvalue weighted by atomic mass is 32.1. The van der Waals surface area contributed by atoms with Crippen molar-refractivity contribution in [2.24, 2.45) is 10.7 Å². The minimum atomic E-state index is -0.437. The molecule has 0 saturated carbocycles. The molecular formula is C27H28N6O3S. The lowest BCUT2D eigenvalue weighted by Gasteiger charge is -2.33. The molecule has 5 rings (SSSR count). The number of aromatic nitrogens is 1. The number of nitrogens with two attached hydrogens (primary N) is 1. The van der Waals surface area contributed by atoms with E-state index in [1.165, 1.54) is 11.3 Å². The van der Waals surface area contributed by atoms with Crippen LogP contribution in [-0.2, 0) is 5.41 Å². The van der Waals surface area contributed by atoms with Gasteiger partial charge in [-0.25, -0.2) is 14.8 Å². The zero-order valence-corrected chi connectivity index (χ0v) is 21.8. The van der Waals surface area contributed by atoms with Gasteiger partial charge in [-0.2, -0.15) is 0 Å². The first-order chi connectivity index (χ1) is 17.7. The van der Waals surface area contributed by atoms with Crippen molar-refractivity contribution in [1.82, 2.24) is 4.98 Å². The summed E-state index contributed by atoms with van der Waals surface area (Å²) in [6.45, 7) is 6.25. The average molecular weight is 517 g/mol. The third-order valence-corrected chi connectivity index (χ3v) is 6.73. The molecule has 1 atom stereocenters. The lowest BCUT2D eigenvalue weighted by atomic mass is 9.93. The Labute approximate surface area is 218 Å². The maximum Gasteiger partial charge on any atom is 0.325 e. The van der Waals surface area contributed by atoms with Crippen molar-refractivity contribution in [2.75, 3.05) is 22.6 Å². The van der Waals surface area contributed by atoms with Crippen molar-refractivity contribution >= 4 is 39.7 Å². The van der Waals surface area contributed by atoms with Gasteiger partial charge in [-0.05, 0) is 48.0 Å². The highest BCUT2D eigenvalue weighted by Gasteiger charge is 2.27. The van der Waals surface area contributed by atoms with Crippen LogP contribution >= 0.6 is 11.3 Å². The van der Waals surface area contributed by atoms with E-state index in [0.29, 0.717) is 22.2 Å². The number of fused-ring (bicyclic) bond motifs is 1. The van der Waals surface area contributed by atoms with Crippen LogP contribution in [-0.4, -0.2) is 18.1 Å². The Kier molecular flexibility index (Phi) is 6.34. The first kappa shape index (κ1) is 24.4. The molecule has 0 aliphatic carbocycles. The Balaban J connectivity index is 1.37. The van der Waals surface area contributed by atoms with E-state index in [4.69, 9.17) is 19.9 Å². The van der Waals surface area contributed by atoms with Gasteiger partial charge >= 0.3 is 6.03 Å². The molecular weight excluding hydrogens is 488 g/mol. The molecule has 4 N–H and O–H groups in total. The molecule has 10 heteroatoms. The zero-order valence-electron chi connectivity index (χ0n) is 21.0. The van der Waals surface area contributed by atoms with Gasteiger partial charge in [0.05, 0.1) is 24.3 Å². The number of nitrogens with zero attached hydrogens (tertiary/aromatic N) is 3. The number of nitrogens with one attached hydrogen (secondary N) is 2. The first-order valence-electron chi connectivity index (χ1n) is 11.7. The number of hydrogen-bond donors (Lipinski definition) is 3. The fraction of sp³-hybridized carbons (Fsp3) is 0.222. The second-order valence-electron chi connectivity index (χ2n) is 9.58. The highest BCUT2D eigenvalue weighted by molar-refractivity contribution is 7.14. The molecule has 2 aromatic carbocycles. The summed E-state index contributed by atoms with van der Waals surface area (Å²) >= 11 is 1.40. The quantitative estimate of drug-likeness (QED) is 0.358. The minimum Gasteiger partial charge on any atom is -0.497 e. The molecule has 0 bridgehead atoms. The number of anilines is 3. The highest BCUT2D eigenvalue weighted by Crippen LogP contribution is 2.33. The van der Waals surface area contributed by atoms with E-state index in [9.17, 15) is 4.79 Å². The number of benzene rings is 2. The summed E-state index contributed by atoms with van der Waals surface area (Å²) in [5.41, 5.74) is 10.3. The van der Waals surface area contributed by atoms with E-state index in [2.05, 4.69) is 36.4 Å². The van der Waals surface area contributed by atoms with Gasteiger partial charge in [-0.15, -0.1) is 11.3 Å². The number of urea groups is 1. The summed E-state index contributed by atoms with van der Waals surface area (Å²) in [5, 5.41) is 8.89. The van der Waals surface area contributed by atoms with Crippen molar-refractivity contribution < 1.29 is 13.9 Å². The lowest BCUT2D eigenvalue weighted by Crippen LogP contribution is -2.43. The van der Waals surface area contributed by atoms with Crippen molar-refractivity contribution in [3.05, 3.63) is 88.3 Å². The molecule has 1 unspecified atom stereocenters. The van der Waals surface area contributed by atoms with Crippen LogP contribution in [0.15, 0.2) is 75.7 Å². The normalized spacial score (nSPS) is 15.1. The maximum absolute atomic E-state index is 12.6. The second kappa shape index (κ2) is 9.62. The largest absolute Gasteiger partial charge is 0.497 e. The first-order valence-corrected chi connectivity index (χ1v) is 12.6. The molecule has 1 aliphatic rings. The second-order valence-corrected chi connectivity index (χ2v) is 10.4. The number of rotatable bonds is 5. The number of carbonyl (C=O) groups is 1. The molecule has 2 amide bonds. The van der Waals surface area contributed by atoms with Crippen LogP contribution in [0.5, 0.6) is 5.75 Å². The molecule has 37 heavy (non-hydrogen) atoms. The van der Waals surface area contributed by atoms with Crippen LogP contribution in [0.3, 0.4) is 0 Å². The fourth-order valence-corrected chi connectivity index (χ4v) is 4.88. The predicted molar refractivity (Wildman–Crippen MR) is 145 cm³/mol. The van der Waals surface area contributed by atoms with Gasteiger partial charge in [0.15, 0.2) is 11.3 Å². The molecule has 0 fully saturated rings. The monoisotopic (exact) mass is 516 g/mol. The van der Waals surface area contributed by atoms with Crippen LogP contribution in [0, 0.1) is 0 Å². The number of ether oxygens (including phenoxy) is 1. The third kappa shape index (κ3) is 5.01. The SMILES string of the molecule is COc1ccc(C2N=c3occc3=C(N)N2c2ccc(NC(=O)Nc3nc(C(C)(C)C)cs3)cc2)cc1. The summed E-state index contributed by atoms with van der Waals surface area (Å²) in [6, 6.07) is 16.5. The Morgan fingerprint density at radius 3 is 2.46 bits per heavy atom. The van der Waals surface area contributed by atoms with Crippen LogP contribution < -0.4 is 36.8 Å². The molecule has 9 nitrogen and oxygen atoms in total. The Morgan fingerprint density at radius 2 is 1.81 bits per heavy atom. The van der Waals surface area contributed by atoms with Crippen molar-refractivity contribution in [3.63, 3.8) is 0 Å². The number of carbonyl (C=O) groups excluding carboxylic acids is 1. The van der Waals surface area contributed by atoms with Gasteiger partial charge in [0.2, 0.25) is 5.55 Å². The molecule has 190 valence electrons. The van der Waals surface area contributed by atoms with Gasteiger partial charge in [0, 0.05) is 22.2 Å². The number of thiazole rings is 1. The van der Waals surface area contributed by atoms with E-state index in [1.807, 2.05) is 58.8 Å². The number of hydrogen-bond acceptors (Lipinski definition) is 8. The molecule has 2 aromatic heterocycles. The Bertz CT molecular complexity index is 1530. The van der Waals surface area contributed by atoms with E-state index >= 15 is 0 Å². The maximum atomic E-state index is 12.6. The van der Waals surface area contributed by atoms with Gasteiger partial charge in [0.1, 0.15) is 11.6 Å². The molecule has 3 heterocycles. The standard InChI is InChI=1S/C27H28N6O3S/c1-27(2,3)21-15-37-26(30-21)32-25(34)29-17-7-9-18(10-8-17)33-22(28)20-13-14-36-24(20)31-23(33)16-5-11-19(35-4)12-6-16/h5-15,23H,28H2,1-4H3,(H2,29,30,32,34). The van der Waals surface area contributed by atoms with E-state index in [0.717, 1.165) is 27.9 Å². The van der Waals surface area contributed by atoms with E-state index in [-0.39, 0.29) is 11.4 Å². The number of methoxy groups -OCH3 is 1. The van der Waals surface area contributed by atoms with E-state index < -0.39 is 6.17 Å².